The second-order valence-electron chi connectivity index (χ2n) is 6.82. The number of nitro benzene ring substituents is 1. The number of benzene rings is 2. The molecule has 10 nitrogen and oxygen atoms in total. The van der Waals surface area contributed by atoms with Crippen molar-refractivity contribution in [3.8, 4) is 23.0 Å². The Balaban J connectivity index is 1.89. The number of pyridine rings is 1. The fraction of sp³-hybridized carbons (Fsp3) is 0.167. The minimum absolute atomic E-state index is 0.0784. The molecule has 0 atom stereocenters. The van der Waals surface area contributed by atoms with Crippen molar-refractivity contribution >= 4 is 29.1 Å². The van der Waals surface area contributed by atoms with Crippen LogP contribution in [0.25, 0.3) is 6.08 Å². The molecule has 3 rings (SSSR count). The average molecular weight is 465 g/mol. The summed E-state index contributed by atoms with van der Waals surface area (Å²) in [5.41, 5.74) is 1.12. The molecule has 0 aliphatic heterocycles. The number of hydrogen-bond acceptors (Lipinski definition) is 9. The molecule has 3 aromatic rings. The molecule has 0 radical (unpaired) electrons. The third kappa shape index (κ3) is 5.23. The number of allylic oxidation sites excluding steroid dienone is 1. The van der Waals surface area contributed by atoms with E-state index in [0.717, 1.165) is 0 Å². The molecule has 0 bridgehead atoms. The van der Waals surface area contributed by atoms with E-state index in [4.69, 9.17) is 18.9 Å². The van der Waals surface area contributed by atoms with Crippen molar-refractivity contribution in [3.05, 3.63) is 76.0 Å². The zero-order valence-electron chi connectivity index (χ0n) is 19.0. The number of nitro groups is 1. The Labute approximate surface area is 195 Å². The van der Waals surface area contributed by atoms with Gasteiger partial charge in [-0.1, -0.05) is 0 Å². The molecule has 34 heavy (non-hydrogen) atoms. The van der Waals surface area contributed by atoms with Crippen LogP contribution >= 0.6 is 0 Å². The number of carbonyl (C=O) groups is 1. The van der Waals surface area contributed by atoms with Gasteiger partial charge in [0.05, 0.1) is 33.4 Å². The molecule has 1 N–H and O–H groups in total. The summed E-state index contributed by atoms with van der Waals surface area (Å²) in [6.07, 6.45) is 4.50. The Morgan fingerprint density at radius 1 is 0.971 bits per heavy atom. The van der Waals surface area contributed by atoms with Gasteiger partial charge in [0, 0.05) is 41.2 Å². The number of carbonyl (C=O) groups excluding carboxylic acids is 1. The molecule has 0 aliphatic rings. The first-order valence-corrected chi connectivity index (χ1v) is 9.98. The fourth-order valence-corrected chi connectivity index (χ4v) is 3.19. The maximum atomic E-state index is 12.7. The van der Waals surface area contributed by atoms with Crippen LogP contribution in [0.2, 0.25) is 0 Å². The van der Waals surface area contributed by atoms with Gasteiger partial charge in [-0.3, -0.25) is 14.9 Å². The SMILES string of the molecule is COc1ccc(C(=O)/C=C/c2cccnc2Nc2cc(OC)c(OC)c(OC)c2)cc1[N+](=O)[O-]. The first kappa shape index (κ1) is 24.1. The predicted molar refractivity (Wildman–Crippen MR) is 127 cm³/mol. The Morgan fingerprint density at radius 2 is 1.65 bits per heavy atom. The number of aromatic nitrogens is 1. The van der Waals surface area contributed by atoms with E-state index in [9.17, 15) is 14.9 Å². The lowest BCUT2D eigenvalue weighted by Crippen LogP contribution is -2.01. The molecule has 176 valence electrons. The van der Waals surface area contributed by atoms with Crippen LogP contribution in [0.1, 0.15) is 15.9 Å². The van der Waals surface area contributed by atoms with Crippen LogP contribution in [0.4, 0.5) is 17.2 Å². The van der Waals surface area contributed by atoms with Gasteiger partial charge < -0.3 is 24.3 Å². The molecule has 0 unspecified atom stereocenters. The van der Waals surface area contributed by atoms with E-state index < -0.39 is 10.7 Å². The molecule has 1 aromatic heterocycles. The average Bonchev–Trinajstić information content (AvgIpc) is 2.86. The molecular weight excluding hydrogens is 442 g/mol. The van der Waals surface area contributed by atoms with Gasteiger partial charge in [0.1, 0.15) is 5.82 Å². The highest BCUT2D eigenvalue weighted by Crippen LogP contribution is 2.40. The third-order valence-corrected chi connectivity index (χ3v) is 4.84. The Morgan fingerprint density at radius 3 is 2.24 bits per heavy atom. The molecule has 0 saturated heterocycles. The van der Waals surface area contributed by atoms with E-state index in [0.29, 0.717) is 34.3 Å². The summed E-state index contributed by atoms with van der Waals surface area (Å²) < 4.78 is 21.1. The van der Waals surface area contributed by atoms with Crippen LogP contribution < -0.4 is 24.3 Å². The van der Waals surface area contributed by atoms with Crippen LogP contribution in [0.15, 0.2) is 54.7 Å². The van der Waals surface area contributed by atoms with Gasteiger partial charge in [0.15, 0.2) is 23.0 Å². The van der Waals surface area contributed by atoms with E-state index in [2.05, 4.69) is 10.3 Å². The Kier molecular flexibility index (Phi) is 7.65. The van der Waals surface area contributed by atoms with Crippen LogP contribution in [-0.4, -0.2) is 44.1 Å². The zero-order chi connectivity index (χ0) is 24.7. The summed E-state index contributed by atoms with van der Waals surface area (Å²) in [5, 5.41) is 14.4. The molecule has 2 aromatic carbocycles. The van der Waals surface area contributed by atoms with Crippen LogP contribution in [0.3, 0.4) is 0 Å². The number of nitrogens with zero attached hydrogens (tertiary/aromatic N) is 2. The minimum Gasteiger partial charge on any atom is -0.493 e. The van der Waals surface area contributed by atoms with Crippen molar-refractivity contribution in [2.45, 2.75) is 0 Å². The van der Waals surface area contributed by atoms with Crippen molar-refractivity contribution in [2.75, 3.05) is 33.8 Å². The van der Waals surface area contributed by atoms with E-state index in [1.54, 1.807) is 36.5 Å². The van der Waals surface area contributed by atoms with Gasteiger partial charge in [0.2, 0.25) is 5.75 Å². The zero-order valence-corrected chi connectivity index (χ0v) is 19.0. The molecule has 0 fully saturated rings. The second-order valence-corrected chi connectivity index (χ2v) is 6.82. The monoisotopic (exact) mass is 465 g/mol. The molecule has 1 heterocycles. The summed E-state index contributed by atoms with van der Waals surface area (Å²) >= 11 is 0. The maximum Gasteiger partial charge on any atom is 0.311 e. The predicted octanol–water partition coefficient (Wildman–Crippen LogP) is 4.66. The lowest BCUT2D eigenvalue weighted by Gasteiger charge is -2.15. The molecule has 0 aliphatic carbocycles. The lowest BCUT2D eigenvalue weighted by molar-refractivity contribution is -0.385. The highest BCUT2D eigenvalue weighted by molar-refractivity contribution is 6.07. The van der Waals surface area contributed by atoms with Crippen molar-refractivity contribution < 1.29 is 28.7 Å². The quantitative estimate of drug-likeness (QED) is 0.197. The number of methoxy groups -OCH3 is 4. The summed E-state index contributed by atoms with van der Waals surface area (Å²) in [6.45, 7) is 0. The number of ether oxygens (including phenoxy) is 4. The summed E-state index contributed by atoms with van der Waals surface area (Å²) in [7, 11) is 5.88. The fourth-order valence-electron chi connectivity index (χ4n) is 3.19. The first-order valence-electron chi connectivity index (χ1n) is 9.98. The third-order valence-electron chi connectivity index (χ3n) is 4.84. The van der Waals surface area contributed by atoms with E-state index in [1.165, 1.54) is 52.7 Å². The summed E-state index contributed by atoms with van der Waals surface area (Å²) in [6, 6.07) is 11.0. The topological polar surface area (TPSA) is 122 Å². The summed E-state index contributed by atoms with van der Waals surface area (Å²) in [4.78, 5) is 27.6. The molecule has 0 spiro atoms. The normalized spacial score (nSPS) is 10.6. The largest absolute Gasteiger partial charge is 0.493 e. The molecule has 0 amide bonds. The van der Waals surface area contributed by atoms with Crippen LogP contribution in [-0.2, 0) is 0 Å². The lowest BCUT2D eigenvalue weighted by atomic mass is 10.1. The van der Waals surface area contributed by atoms with E-state index in [1.807, 2.05) is 0 Å². The number of anilines is 2. The van der Waals surface area contributed by atoms with Gasteiger partial charge in [-0.05, 0) is 36.4 Å². The van der Waals surface area contributed by atoms with Gasteiger partial charge in [-0.25, -0.2) is 4.98 Å². The molecule has 0 saturated carbocycles. The number of nitrogens with one attached hydrogen (secondary N) is 1. The standard InChI is InChI=1S/C24H23N3O7/c1-31-20-10-8-16(12-18(20)27(29)30)19(28)9-7-15-6-5-11-25-24(15)26-17-13-21(32-2)23(34-4)22(14-17)33-3/h5-14H,1-4H3,(H,25,26)/b9-7+. The van der Waals surface area contributed by atoms with Crippen molar-refractivity contribution in [1.29, 1.82) is 0 Å². The Hall–Kier alpha value is -4.60. The molecular formula is C24H23N3O7. The van der Waals surface area contributed by atoms with Crippen molar-refractivity contribution in [3.63, 3.8) is 0 Å². The van der Waals surface area contributed by atoms with E-state index >= 15 is 0 Å². The highest BCUT2D eigenvalue weighted by atomic mass is 16.6. The number of rotatable bonds is 10. The number of hydrogen-bond donors (Lipinski definition) is 1. The first-order chi connectivity index (χ1) is 16.4. The van der Waals surface area contributed by atoms with Crippen molar-refractivity contribution in [2.24, 2.45) is 0 Å². The Bertz CT molecular complexity index is 1220. The highest BCUT2D eigenvalue weighted by Gasteiger charge is 2.17. The molecule has 10 heteroatoms. The second kappa shape index (κ2) is 10.8. The van der Waals surface area contributed by atoms with E-state index in [-0.39, 0.29) is 17.0 Å². The smallest absolute Gasteiger partial charge is 0.311 e. The number of ketones is 1. The van der Waals surface area contributed by atoms with Gasteiger partial charge >= 0.3 is 5.69 Å². The van der Waals surface area contributed by atoms with Gasteiger partial charge in [0.25, 0.3) is 0 Å². The van der Waals surface area contributed by atoms with Crippen LogP contribution in [0, 0.1) is 10.1 Å². The van der Waals surface area contributed by atoms with Gasteiger partial charge in [-0.2, -0.15) is 0 Å². The van der Waals surface area contributed by atoms with Crippen LogP contribution in [0.5, 0.6) is 23.0 Å². The van der Waals surface area contributed by atoms with Crippen molar-refractivity contribution in [1.82, 2.24) is 4.98 Å². The van der Waals surface area contributed by atoms with Gasteiger partial charge in [-0.15, -0.1) is 0 Å². The maximum absolute atomic E-state index is 12.7. The minimum atomic E-state index is -0.597. The summed E-state index contributed by atoms with van der Waals surface area (Å²) in [5.74, 6) is 1.53.